The Morgan fingerprint density at radius 2 is 1.72 bits per heavy atom. The van der Waals surface area contributed by atoms with Gasteiger partial charge in [-0.05, 0) is 30.3 Å². The summed E-state index contributed by atoms with van der Waals surface area (Å²) in [4.78, 5) is 16.6. The Labute approximate surface area is 169 Å². The van der Waals surface area contributed by atoms with E-state index in [4.69, 9.17) is 14.2 Å². The number of rotatable bonds is 8. The number of carbonyl (C=O) groups is 1. The molecular formula is C22H23N3O4. The zero-order valence-corrected chi connectivity index (χ0v) is 16.6. The lowest BCUT2D eigenvalue weighted by Crippen LogP contribution is -2.24. The predicted octanol–water partition coefficient (Wildman–Crippen LogP) is 3.78. The maximum Gasteiger partial charge on any atom is 0.270 e. The maximum atomic E-state index is 12.4. The summed E-state index contributed by atoms with van der Waals surface area (Å²) in [6.07, 6.45) is 1.59. The highest BCUT2D eigenvalue weighted by atomic mass is 16.5. The number of anilines is 2. The Balaban J connectivity index is 1.66. The van der Waals surface area contributed by atoms with Gasteiger partial charge >= 0.3 is 0 Å². The average Bonchev–Trinajstić information content (AvgIpc) is 2.78. The zero-order chi connectivity index (χ0) is 20.6. The summed E-state index contributed by atoms with van der Waals surface area (Å²) in [6, 6.07) is 16.4. The summed E-state index contributed by atoms with van der Waals surface area (Å²) in [5.74, 6) is 1.84. The monoisotopic (exact) mass is 393 g/mol. The molecule has 0 atom stereocenters. The van der Waals surface area contributed by atoms with Crippen LogP contribution in [0.5, 0.6) is 17.2 Å². The lowest BCUT2D eigenvalue weighted by atomic mass is 10.2. The van der Waals surface area contributed by atoms with E-state index < -0.39 is 0 Å². The molecule has 0 aliphatic heterocycles. The number of aromatic nitrogens is 1. The number of ether oxygens (including phenoxy) is 3. The van der Waals surface area contributed by atoms with Crippen LogP contribution in [0.2, 0.25) is 0 Å². The molecule has 150 valence electrons. The average molecular weight is 393 g/mol. The molecule has 7 nitrogen and oxygen atoms in total. The fourth-order valence-electron chi connectivity index (χ4n) is 2.78. The van der Waals surface area contributed by atoms with Crippen molar-refractivity contribution >= 4 is 17.3 Å². The molecule has 2 N–H and O–H groups in total. The molecule has 0 saturated carbocycles. The fourth-order valence-corrected chi connectivity index (χ4v) is 2.78. The second-order valence-electron chi connectivity index (χ2n) is 6.12. The molecule has 1 aromatic heterocycles. The minimum atomic E-state index is -0.263. The number of hydrogen-bond donors (Lipinski definition) is 2. The Morgan fingerprint density at radius 1 is 0.931 bits per heavy atom. The first-order valence-electron chi connectivity index (χ1n) is 8.99. The van der Waals surface area contributed by atoms with Crippen LogP contribution in [-0.4, -0.2) is 32.2 Å². The van der Waals surface area contributed by atoms with Gasteiger partial charge in [-0.15, -0.1) is 0 Å². The van der Waals surface area contributed by atoms with E-state index in [-0.39, 0.29) is 5.91 Å². The highest BCUT2D eigenvalue weighted by molar-refractivity contribution is 5.92. The lowest BCUT2D eigenvalue weighted by molar-refractivity contribution is 0.0945. The van der Waals surface area contributed by atoms with Crippen LogP contribution >= 0.6 is 0 Å². The van der Waals surface area contributed by atoms with Crippen molar-refractivity contribution in [2.75, 3.05) is 26.6 Å². The summed E-state index contributed by atoms with van der Waals surface area (Å²) in [5, 5.41) is 6.08. The number of carbonyl (C=O) groups excluding carboxylic acids is 1. The van der Waals surface area contributed by atoms with Crippen LogP contribution < -0.4 is 24.8 Å². The number of para-hydroxylation sites is 1. The molecular weight excluding hydrogens is 370 g/mol. The van der Waals surface area contributed by atoms with Crippen LogP contribution in [-0.2, 0) is 6.54 Å². The molecule has 2 aromatic carbocycles. The van der Waals surface area contributed by atoms with Gasteiger partial charge < -0.3 is 24.8 Å². The normalized spacial score (nSPS) is 10.2. The summed E-state index contributed by atoms with van der Waals surface area (Å²) < 4.78 is 15.9. The highest BCUT2D eigenvalue weighted by Crippen LogP contribution is 2.31. The lowest BCUT2D eigenvalue weighted by Gasteiger charge is -2.13. The van der Waals surface area contributed by atoms with Crippen molar-refractivity contribution in [1.29, 1.82) is 0 Å². The van der Waals surface area contributed by atoms with Gasteiger partial charge in [0, 0.05) is 18.2 Å². The van der Waals surface area contributed by atoms with Crippen LogP contribution in [0, 0.1) is 0 Å². The predicted molar refractivity (Wildman–Crippen MR) is 111 cm³/mol. The van der Waals surface area contributed by atoms with E-state index in [9.17, 15) is 4.79 Å². The molecule has 1 heterocycles. The molecule has 0 radical (unpaired) electrons. The van der Waals surface area contributed by atoms with Crippen molar-refractivity contribution < 1.29 is 19.0 Å². The van der Waals surface area contributed by atoms with Gasteiger partial charge in [0.05, 0.1) is 38.9 Å². The van der Waals surface area contributed by atoms with Crippen molar-refractivity contribution in [2.45, 2.75) is 6.54 Å². The van der Waals surface area contributed by atoms with Gasteiger partial charge in [-0.2, -0.15) is 0 Å². The molecule has 1 amide bonds. The van der Waals surface area contributed by atoms with Gasteiger partial charge in [-0.1, -0.05) is 18.2 Å². The van der Waals surface area contributed by atoms with Crippen LogP contribution in [0.3, 0.4) is 0 Å². The molecule has 3 rings (SSSR count). The van der Waals surface area contributed by atoms with Gasteiger partial charge in [0.2, 0.25) is 0 Å². The van der Waals surface area contributed by atoms with Gasteiger partial charge in [0.15, 0.2) is 0 Å². The van der Waals surface area contributed by atoms with E-state index in [2.05, 4.69) is 15.6 Å². The Bertz CT molecular complexity index is 974. The Morgan fingerprint density at radius 3 is 2.41 bits per heavy atom. The smallest absolute Gasteiger partial charge is 0.270 e. The van der Waals surface area contributed by atoms with Crippen molar-refractivity contribution in [2.24, 2.45) is 0 Å². The van der Waals surface area contributed by atoms with Gasteiger partial charge in [0.1, 0.15) is 22.9 Å². The SMILES string of the molecule is COc1ccc(OC)c(Nc2ccc(C(=O)NCc3ccccc3OC)nc2)c1. The number of methoxy groups -OCH3 is 3. The largest absolute Gasteiger partial charge is 0.497 e. The summed E-state index contributed by atoms with van der Waals surface area (Å²) >= 11 is 0. The molecule has 3 aromatic rings. The summed E-state index contributed by atoms with van der Waals surface area (Å²) in [7, 11) is 4.80. The number of amides is 1. The third kappa shape index (κ3) is 4.95. The van der Waals surface area contributed by atoms with Crippen molar-refractivity contribution in [1.82, 2.24) is 10.3 Å². The number of hydrogen-bond acceptors (Lipinski definition) is 6. The molecule has 29 heavy (non-hydrogen) atoms. The van der Waals surface area contributed by atoms with Crippen molar-refractivity contribution in [3.05, 3.63) is 72.1 Å². The molecule has 0 fully saturated rings. The number of pyridine rings is 1. The first-order chi connectivity index (χ1) is 14.1. The van der Waals surface area contributed by atoms with Crippen molar-refractivity contribution in [3.8, 4) is 17.2 Å². The topological polar surface area (TPSA) is 81.7 Å². The van der Waals surface area contributed by atoms with Crippen LogP contribution in [0.4, 0.5) is 11.4 Å². The zero-order valence-electron chi connectivity index (χ0n) is 16.6. The Kier molecular flexibility index (Phi) is 6.52. The second-order valence-corrected chi connectivity index (χ2v) is 6.12. The number of benzene rings is 2. The molecule has 0 aliphatic carbocycles. The minimum Gasteiger partial charge on any atom is -0.497 e. The molecule has 7 heteroatoms. The minimum absolute atomic E-state index is 0.263. The first kappa shape index (κ1) is 20.0. The van der Waals surface area contributed by atoms with Gasteiger partial charge in [0.25, 0.3) is 5.91 Å². The molecule has 0 saturated heterocycles. The quantitative estimate of drug-likeness (QED) is 0.606. The van der Waals surface area contributed by atoms with Crippen LogP contribution in [0.25, 0.3) is 0 Å². The molecule has 0 aliphatic rings. The van der Waals surface area contributed by atoms with Crippen LogP contribution in [0.1, 0.15) is 16.1 Å². The molecule has 0 bridgehead atoms. The third-order valence-electron chi connectivity index (χ3n) is 4.31. The number of nitrogens with zero attached hydrogens (tertiary/aromatic N) is 1. The highest BCUT2D eigenvalue weighted by Gasteiger charge is 2.10. The molecule has 0 spiro atoms. The summed E-state index contributed by atoms with van der Waals surface area (Å²) in [5.41, 5.74) is 2.68. The van der Waals surface area contributed by atoms with Gasteiger partial charge in [-0.25, -0.2) is 4.98 Å². The van der Waals surface area contributed by atoms with E-state index in [1.807, 2.05) is 42.5 Å². The van der Waals surface area contributed by atoms with E-state index in [1.54, 1.807) is 39.7 Å². The Hall–Kier alpha value is -3.74. The summed E-state index contributed by atoms with van der Waals surface area (Å²) in [6.45, 7) is 0.353. The van der Waals surface area contributed by atoms with Crippen molar-refractivity contribution in [3.63, 3.8) is 0 Å². The van der Waals surface area contributed by atoms with E-state index >= 15 is 0 Å². The standard InChI is InChI=1S/C22H23N3O4/c1-27-17-9-11-21(29-3)19(12-17)25-16-8-10-18(23-14-16)22(26)24-13-15-6-4-5-7-20(15)28-2/h4-12,14,25H,13H2,1-3H3,(H,24,26). The third-order valence-corrected chi connectivity index (χ3v) is 4.31. The fraction of sp³-hybridized carbons (Fsp3) is 0.182. The second kappa shape index (κ2) is 9.45. The van der Waals surface area contributed by atoms with E-state index in [1.165, 1.54) is 0 Å². The number of nitrogens with one attached hydrogen (secondary N) is 2. The van der Waals surface area contributed by atoms with Gasteiger partial charge in [-0.3, -0.25) is 4.79 Å². The van der Waals surface area contributed by atoms with E-state index in [0.717, 1.165) is 22.7 Å². The molecule has 0 unspecified atom stereocenters. The van der Waals surface area contributed by atoms with E-state index in [0.29, 0.717) is 23.7 Å². The first-order valence-corrected chi connectivity index (χ1v) is 8.99. The maximum absolute atomic E-state index is 12.4. The van der Waals surface area contributed by atoms with Crippen LogP contribution in [0.15, 0.2) is 60.8 Å².